The minimum absolute atomic E-state index is 0.631. The van der Waals surface area contributed by atoms with Crippen molar-refractivity contribution in [3.05, 3.63) is 10.8 Å². The Labute approximate surface area is 104 Å². The summed E-state index contributed by atoms with van der Waals surface area (Å²) in [5.74, 6) is 2.09. The van der Waals surface area contributed by atoms with E-state index >= 15 is 0 Å². The third kappa shape index (κ3) is 2.64. The Hall–Kier alpha value is -0.840. The molecule has 0 aromatic carbocycles. The number of anilines is 1. The molecule has 1 saturated carbocycles. The number of hydrogen-bond acceptors (Lipinski definition) is 4. The summed E-state index contributed by atoms with van der Waals surface area (Å²) in [5.41, 5.74) is 0. The Morgan fingerprint density at radius 3 is 2.88 bits per heavy atom. The topological polar surface area (TPSA) is 47.0 Å². The van der Waals surface area contributed by atoms with Gasteiger partial charge in [-0.3, -0.25) is 0 Å². The van der Waals surface area contributed by atoms with Gasteiger partial charge in [0.2, 0.25) is 5.88 Å². The fraction of sp³-hybridized carbons (Fsp3) is 0.636. The molecule has 0 saturated heterocycles. The summed E-state index contributed by atoms with van der Waals surface area (Å²) in [6, 6.07) is 0. The standard InChI is InChI=1S/C11H16BrN3O/c1-13-10-9(12)11(15-7-14-10)16-6-8-4-2-3-5-8/h7-8H,2-6H2,1H3,(H,13,14,15). The van der Waals surface area contributed by atoms with E-state index < -0.39 is 0 Å². The third-order valence-electron chi connectivity index (χ3n) is 2.92. The first kappa shape index (κ1) is 11.6. The average molecular weight is 286 g/mol. The lowest BCUT2D eigenvalue weighted by Gasteiger charge is -2.12. The molecule has 0 aliphatic heterocycles. The van der Waals surface area contributed by atoms with E-state index in [2.05, 4.69) is 31.2 Å². The maximum atomic E-state index is 5.73. The Bertz CT molecular complexity index is 353. The Morgan fingerprint density at radius 1 is 1.44 bits per heavy atom. The van der Waals surface area contributed by atoms with Crippen molar-refractivity contribution < 1.29 is 4.74 Å². The molecule has 0 radical (unpaired) electrons. The predicted molar refractivity (Wildman–Crippen MR) is 66.7 cm³/mol. The number of rotatable bonds is 4. The van der Waals surface area contributed by atoms with Gasteiger partial charge in [-0.15, -0.1) is 0 Å². The highest BCUT2D eigenvalue weighted by atomic mass is 79.9. The summed E-state index contributed by atoms with van der Waals surface area (Å²) in [6.07, 6.45) is 6.74. The van der Waals surface area contributed by atoms with Crippen LogP contribution in [0.15, 0.2) is 10.8 Å². The summed E-state index contributed by atoms with van der Waals surface area (Å²) in [6.45, 7) is 0.763. The van der Waals surface area contributed by atoms with Gasteiger partial charge in [0, 0.05) is 7.05 Å². The largest absolute Gasteiger partial charge is 0.476 e. The second kappa shape index (κ2) is 5.48. The second-order valence-electron chi connectivity index (χ2n) is 4.05. The smallest absolute Gasteiger partial charge is 0.233 e. The van der Waals surface area contributed by atoms with E-state index in [0.717, 1.165) is 16.9 Å². The molecule has 4 nitrogen and oxygen atoms in total. The number of nitrogens with one attached hydrogen (secondary N) is 1. The molecule has 1 fully saturated rings. The van der Waals surface area contributed by atoms with Crippen molar-refractivity contribution in [2.45, 2.75) is 25.7 Å². The lowest BCUT2D eigenvalue weighted by molar-refractivity contribution is 0.242. The first-order chi connectivity index (χ1) is 7.81. The molecule has 0 unspecified atom stereocenters. The summed E-state index contributed by atoms with van der Waals surface area (Å²) < 4.78 is 6.53. The van der Waals surface area contributed by atoms with E-state index in [1.807, 2.05) is 7.05 Å². The molecule has 16 heavy (non-hydrogen) atoms. The summed E-state index contributed by atoms with van der Waals surface area (Å²) in [5, 5.41) is 2.99. The van der Waals surface area contributed by atoms with Gasteiger partial charge in [0.15, 0.2) is 0 Å². The van der Waals surface area contributed by atoms with Crippen LogP contribution in [-0.2, 0) is 0 Å². The van der Waals surface area contributed by atoms with Gasteiger partial charge in [-0.25, -0.2) is 9.97 Å². The van der Waals surface area contributed by atoms with Crippen molar-refractivity contribution in [3.8, 4) is 5.88 Å². The molecular weight excluding hydrogens is 270 g/mol. The van der Waals surface area contributed by atoms with Crippen molar-refractivity contribution in [1.82, 2.24) is 9.97 Å². The van der Waals surface area contributed by atoms with Crippen LogP contribution in [0.4, 0.5) is 5.82 Å². The van der Waals surface area contributed by atoms with Gasteiger partial charge in [0.05, 0.1) is 6.61 Å². The average Bonchev–Trinajstić information content (AvgIpc) is 2.81. The van der Waals surface area contributed by atoms with Crippen molar-refractivity contribution in [1.29, 1.82) is 0 Å². The Balaban J connectivity index is 1.97. The van der Waals surface area contributed by atoms with E-state index in [0.29, 0.717) is 11.8 Å². The first-order valence-electron chi connectivity index (χ1n) is 5.62. The monoisotopic (exact) mass is 285 g/mol. The quantitative estimate of drug-likeness (QED) is 0.924. The van der Waals surface area contributed by atoms with Crippen molar-refractivity contribution in [2.24, 2.45) is 5.92 Å². The van der Waals surface area contributed by atoms with Crippen LogP contribution in [0.2, 0.25) is 0 Å². The van der Waals surface area contributed by atoms with Crippen molar-refractivity contribution in [3.63, 3.8) is 0 Å². The molecule has 5 heteroatoms. The molecule has 0 atom stereocenters. The summed E-state index contributed by atoms with van der Waals surface area (Å²) in [4.78, 5) is 8.22. The molecule has 0 amide bonds. The highest BCUT2D eigenvalue weighted by Crippen LogP contribution is 2.30. The zero-order chi connectivity index (χ0) is 11.4. The van der Waals surface area contributed by atoms with E-state index in [-0.39, 0.29) is 0 Å². The van der Waals surface area contributed by atoms with Crippen LogP contribution >= 0.6 is 15.9 Å². The third-order valence-corrected chi connectivity index (χ3v) is 3.64. The van der Waals surface area contributed by atoms with Gasteiger partial charge < -0.3 is 10.1 Å². The zero-order valence-electron chi connectivity index (χ0n) is 9.37. The van der Waals surface area contributed by atoms with E-state index in [1.54, 1.807) is 0 Å². The lowest BCUT2D eigenvalue weighted by atomic mass is 10.1. The van der Waals surface area contributed by atoms with Crippen LogP contribution in [0.3, 0.4) is 0 Å². The normalized spacial score (nSPS) is 16.4. The van der Waals surface area contributed by atoms with Gasteiger partial charge in [0.25, 0.3) is 0 Å². The van der Waals surface area contributed by atoms with Crippen LogP contribution in [0.1, 0.15) is 25.7 Å². The van der Waals surface area contributed by atoms with E-state index in [9.17, 15) is 0 Å². The van der Waals surface area contributed by atoms with Crippen LogP contribution in [-0.4, -0.2) is 23.6 Å². The molecule has 1 aliphatic carbocycles. The minimum atomic E-state index is 0.631. The number of hydrogen-bond donors (Lipinski definition) is 1. The van der Waals surface area contributed by atoms with Gasteiger partial charge in [-0.05, 0) is 34.7 Å². The van der Waals surface area contributed by atoms with Crippen LogP contribution in [0.25, 0.3) is 0 Å². The predicted octanol–water partition coefficient (Wildman–Crippen LogP) is 2.85. The first-order valence-corrected chi connectivity index (χ1v) is 6.41. The number of nitrogens with zero attached hydrogens (tertiary/aromatic N) is 2. The Morgan fingerprint density at radius 2 is 2.19 bits per heavy atom. The van der Waals surface area contributed by atoms with Crippen LogP contribution < -0.4 is 10.1 Å². The molecule has 1 N–H and O–H groups in total. The highest BCUT2D eigenvalue weighted by molar-refractivity contribution is 9.10. The molecule has 1 heterocycles. The zero-order valence-corrected chi connectivity index (χ0v) is 11.0. The van der Waals surface area contributed by atoms with Gasteiger partial charge in [-0.2, -0.15) is 0 Å². The molecule has 88 valence electrons. The second-order valence-corrected chi connectivity index (χ2v) is 4.85. The number of aromatic nitrogens is 2. The van der Waals surface area contributed by atoms with Gasteiger partial charge in [-0.1, -0.05) is 12.8 Å². The maximum Gasteiger partial charge on any atom is 0.233 e. The SMILES string of the molecule is CNc1ncnc(OCC2CCCC2)c1Br. The maximum absolute atomic E-state index is 5.73. The molecule has 0 spiro atoms. The fourth-order valence-electron chi connectivity index (χ4n) is 2.00. The molecule has 1 aliphatic rings. The highest BCUT2D eigenvalue weighted by Gasteiger charge is 2.17. The molecule has 0 bridgehead atoms. The summed E-state index contributed by atoms with van der Waals surface area (Å²) >= 11 is 3.44. The van der Waals surface area contributed by atoms with Crippen molar-refractivity contribution in [2.75, 3.05) is 19.0 Å². The van der Waals surface area contributed by atoms with Crippen molar-refractivity contribution >= 4 is 21.7 Å². The summed E-state index contributed by atoms with van der Waals surface area (Å²) in [7, 11) is 1.83. The van der Waals surface area contributed by atoms with E-state index in [4.69, 9.17) is 4.74 Å². The van der Waals surface area contributed by atoms with Crippen LogP contribution in [0.5, 0.6) is 5.88 Å². The number of ether oxygens (including phenoxy) is 1. The molecule has 2 rings (SSSR count). The molecular formula is C11H16BrN3O. The lowest BCUT2D eigenvalue weighted by Crippen LogP contribution is -2.10. The number of halogens is 1. The van der Waals surface area contributed by atoms with Crippen LogP contribution in [0, 0.1) is 5.92 Å². The fourth-order valence-corrected chi connectivity index (χ4v) is 2.52. The van der Waals surface area contributed by atoms with Gasteiger partial charge >= 0.3 is 0 Å². The van der Waals surface area contributed by atoms with E-state index in [1.165, 1.54) is 32.0 Å². The Kier molecular flexibility index (Phi) is 3.98. The molecule has 1 aromatic heterocycles. The van der Waals surface area contributed by atoms with Gasteiger partial charge in [0.1, 0.15) is 16.6 Å². The molecule has 1 aromatic rings. The minimum Gasteiger partial charge on any atom is -0.476 e.